The fourth-order valence-corrected chi connectivity index (χ4v) is 2.08. The number of rotatable bonds is 13. The van der Waals surface area contributed by atoms with Gasteiger partial charge in [0.15, 0.2) is 0 Å². The SMILES string of the molecule is CCCCCCCOCCCC(CC)NCC. The molecule has 0 amide bonds. The summed E-state index contributed by atoms with van der Waals surface area (Å²) < 4.78 is 5.66. The van der Waals surface area contributed by atoms with Crippen molar-refractivity contribution in [3.8, 4) is 0 Å². The zero-order valence-electron chi connectivity index (χ0n) is 12.3. The summed E-state index contributed by atoms with van der Waals surface area (Å²) in [4.78, 5) is 0. The Morgan fingerprint density at radius 2 is 1.59 bits per heavy atom. The molecular formula is C15H33NO. The largest absolute Gasteiger partial charge is 0.381 e. The predicted molar refractivity (Wildman–Crippen MR) is 76.6 cm³/mol. The summed E-state index contributed by atoms with van der Waals surface area (Å²) >= 11 is 0. The lowest BCUT2D eigenvalue weighted by Gasteiger charge is -2.15. The molecule has 0 heterocycles. The molecule has 1 N–H and O–H groups in total. The zero-order chi connectivity index (χ0) is 12.8. The van der Waals surface area contributed by atoms with Gasteiger partial charge in [-0.2, -0.15) is 0 Å². The molecule has 104 valence electrons. The Morgan fingerprint density at radius 3 is 2.24 bits per heavy atom. The molecular weight excluding hydrogens is 210 g/mol. The van der Waals surface area contributed by atoms with Gasteiger partial charge < -0.3 is 10.1 Å². The highest BCUT2D eigenvalue weighted by Crippen LogP contribution is 2.04. The van der Waals surface area contributed by atoms with Crippen LogP contribution >= 0.6 is 0 Å². The van der Waals surface area contributed by atoms with Crippen LogP contribution in [0.25, 0.3) is 0 Å². The maximum atomic E-state index is 5.66. The molecule has 0 aliphatic heterocycles. The van der Waals surface area contributed by atoms with Gasteiger partial charge in [0.05, 0.1) is 0 Å². The van der Waals surface area contributed by atoms with E-state index < -0.39 is 0 Å². The standard InChI is InChI=1S/C15H33NO/c1-4-7-8-9-10-13-17-14-11-12-15(5-2)16-6-3/h15-16H,4-14H2,1-3H3. The smallest absolute Gasteiger partial charge is 0.0466 e. The Bertz CT molecular complexity index is 139. The topological polar surface area (TPSA) is 21.3 Å². The molecule has 0 rings (SSSR count). The third-order valence-electron chi connectivity index (χ3n) is 3.22. The van der Waals surface area contributed by atoms with E-state index in [2.05, 4.69) is 26.1 Å². The highest BCUT2D eigenvalue weighted by Gasteiger charge is 2.02. The lowest BCUT2D eigenvalue weighted by atomic mass is 10.1. The van der Waals surface area contributed by atoms with Crippen LogP contribution in [0.3, 0.4) is 0 Å². The van der Waals surface area contributed by atoms with Crippen molar-refractivity contribution in [2.45, 2.75) is 78.2 Å². The van der Waals surface area contributed by atoms with E-state index in [1.807, 2.05) is 0 Å². The Balaban J connectivity index is 3.11. The van der Waals surface area contributed by atoms with Crippen molar-refractivity contribution < 1.29 is 4.74 Å². The average molecular weight is 243 g/mol. The third-order valence-corrected chi connectivity index (χ3v) is 3.22. The average Bonchev–Trinajstić information content (AvgIpc) is 2.35. The molecule has 0 saturated heterocycles. The number of nitrogens with one attached hydrogen (secondary N) is 1. The second-order valence-electron chi connectivity index (χ2n) is 4.83. The Labute approximate surface area is 109 Å². The molecule has 2 heteroatoms. The summed E-state index contributed by atoms with van der Waals surface area (Å²) in [6, 6.07) is 0.688. The van der Waals surface area contributed by atoms with Crippen molar-refractivity contribution in [2.75, 3.05) is 19.8 Å². The van der Waals surface area contributed by atoms with Crippen LogP contribution in [0.2, 0.25) is 0 Å². The molecule has 0 saturated carbocycles. The minimum absolute atomic E-state index is 0.688. The van der Waals surface area contributed by atoms with Gasteiger partial charge in [0.2, 0.25) is 0 Å². The molecule has 0 aromatic carbocycles. The van der Waals surface area contributed by atoms with E-state index in [4.69, 9.17) is 4.74 Å². The summed E-state index contributed by atoms with van der Waals surface area (Å²) in [6.45, 7) is 9.66. The van der Waals surface area contributed by atoms with Gasteiger partial charge in [-0.1, -0.05) is 46.5 Å². The van der Waals surface area contributed by atoms with E-state index in [1.54, 1.807) is 0 Å². The quantitative estimate of drug-likeness (QED) is 0.491. The molecule has 0 spiro atoms. The molecule has 17 heavy (non-hydrogen) atoms. The molecule has 0 aromatic heterocycles. The number of unbranched alkanes of at least 4 members (excludes halogenated alkanes) is 4. The van der Waals surface area contributed by atoms with Crippen LogP contribution in [0, 0.1) is 0 Å². The van der Waals surface area contributed by atoms with Crippen LogP contribution in [0.4, 0.5) is 0 Å². The van der Waals surface area contributed by atoms with Crippen LogP contribution in [-0.4, -0.2) is 25.8 Å². The molecule has 0 aromatic rings. The summed E-state index contributed by atoms with van der Waals surface area (Å²) in [5.74, 6) is 0. The number of hydrogen-bond acceptors (Lipinski definition) is 2. The van der Waals surface area contributed by atoms with Gasteiger partial charge in [-0.25, -0.2) is 0 Å². The van der Waals surface area contributed by atoms with Crippen molar-refractivity contribution in [2.24, 2.45) is 0 Å². The molecule has 1 atom stereocenters. The van der Waals surface area contributed by atoms with Gasteiger partial charge >= 0.3 is 0 Å². The minimum atomic E-state index is 0.688. The Hall–Kier alpha value is -0.0800. The molecule has 0 bridgehead atoms. The van der Waals surface area contributed by atoms with Crippen molar-refractivity contribution >= 4 is 0 Å². The molecule has 0 aliphatic carbocycles. The zero-order valence-corrected chi connectivity index (χ0v) is 12.3. The summed E-state index contributed by atoms with van der Waals surface area (Å²) in [5.41, 5.74) is 0. The second-order valence-corrected chi connectivity index (χ2v) is 4.83. The molecule has 0 radical (unpaired) electrons. The van der Waals surface area contributed by atoms with Crippen molar-refractivity contribution in [3.63, 3.8) is 0 Å². The first-order valence-electron chi connectivity index (χ1n) is 7.66. The van der Waals surface area contributed by atoms with Crippen LogP contribution in [0.15, 0.2) is 0 Å². The predicted octanol–water partition coefficient (Wildman–Crippen LogP) is 4.14. The Kier molecular flexibility index (Phi) is 13.9. The maximum absolute atomic E-state index is 5.66. The van der Waals surface area contributed by atoms with Crippen LogP contribution in [0.5, 0.6) is 0 Å². The minimum Gasteiger partial charge on any atom is -0.381 e. The second kappa shape index (κ2) is 14.0. The molecule has 0 fully saturated rings. The first kappa shape index (κ1) is 16.9. The van der Waals surface area contributed by atoms with Crippen molar-refractivity contribution in [3.05, 3.63) is 0 Å². The fourth-order valence-electron chi connectivity index (χ4n) is 2.08. The first-order valence-corrected chi connectivity index (χ1v) is 7.66. The molecule has 0 aliphatic rings. The van der Waals surface area contributed by atoms with Gasteiger partial charge in [-0.05, 0) is 32.2 Å². The molecule has 2 nitrogen and oxygen atoms in total. The highest BCUT2D eigenvalue weighted by molar-refractivity contribution is 4.63. The number of ether oxygens (including phenoxy) is 1. The van der Waals surface area contributed by atoms with Crippen LogP contribution < -0.4 is 5.32 Å². The molecule has 1 unspecified atom stereocenters. The summed E-state index contributed by atoms with van der Waals surface area (Å²) in [7, 11) is 0. The lowest BCUT2D eigenvalue weighted by Crippen LogP contribution is -2.28. The first-order chi connectivity index (χ1) is 8.35. The van der Waals surface area contributed by atoms with Gasteiger partial charge in [0, 0.05) is 19.3 Å². The normalized spacial score (nSPS) is 12.9. The van der Waals surface area contributed by atoms with E-state index in [9.17, 15) is 0 Å². The van der Waals surface area contributed by atoms with Gasteiger partial charge in [-0.3, -0.25) is 0 Å². The van der Waals surface area contributed by atoms with E-state index >= 15 is 0 Å². The Morgan fingerprint density at radius 1 is 0.882 bits per heavy atom. The highest BCUT2D eigenvalue weighted by atomic mass is 16.5. The van der Waals surface area contributed by atoms with E-state index in [0.29, 0.717) is 6.04 Å². The number of hydrogen-bond donors (Lipinski definition) is 1. The van der Waals surface area contributed by atoms with Crippen LogP contribution in [-0.2, 0) is 4.74 Å². The van der Waals surface area contributed by atoms with Gasteiger partial charge in [-0.15, -0.1) is 0 Å². The maximum Gasteiger partial charge on any atom is 0.0466 e. The summed E-state index contributed by atoms with van der Waals surface area (Å²) in [5, 5.41) is 3.50. The monoisotopic (exact) mass is 243 g/mol. The third kappa shape index (κ3) is 12.2. The van der Waals surface area contributed by atoms with Gasteiger partial charge in [0.25, 0.3) is 0 Å². The van der Waals surface area contributed by atoms with Crippen molar-refractivity contribution in [1.29, 1.82) is 0 Å². The van der Waals surface area contributed by atoms with E-state index in [1.165, 1.54) is 51.4 Å². The van der Waals surface area contributed by atoms with E-state index in [0.717, 1.165) is 19.8 Å². The lowest BCUT2D eigenvalue weighted by molar-refractivity contribution is 0.124. The summed E-state index contributed by atoms with van der Waals surface area (Å²) in [6.07, 6.45) is 10.3. The van der Waals surface area contributed by atoms with Crippen LogP contribution in [0.1, 0.15) is 72.1 Å². The van der Waals surface area contributed by atoms with Crippen molar-refractivity contribution in [1.82, 2.24) is 5.32 Å². The fraction of sp³-hybridized carbons (Fsp3) is 1.00. The van der Waals surface area contributed by atoms with E-state index in [-0.39, 0.29) is 0 Å². The van der Waals surface area contributed by atoms with Gasteiger partial charge in [0.1, 0.15) is 0 Å².